The molecule has 116 valence electrons. The molecule has 0 spiro atoms. The fourth-order valence-corrected chi connectivity index (χ4v) is 2.39. The second-order valence-corrected chi connectivity index (χ2v) is 4.90. The van der Waals surface area contributed by atoms with E-state index < -0.39 is 17.7 Å². The van der Waals surface area contributed by atoms with Crippen molar-refractivity contribution in [2.75, 3.05) is 11.9 Å². The number of ether oxygens (including phenoxy) is 1. The van der Waals surface area contributed by atoms with E-state index in [-0.39, 0.29) is 24.2 Å². The molecule has 0 saturated carbocycles. The predicted molar refractivity (Wildman–Crippen MR) is 72.1 cm³/mol. The van der Waals surface area contributed by atoms with Gasteiger partial charge in [-0.15, -0.1) is 0 Å². The van der Waals surface area contributed by atoms with Crippen LogP contribution in [0, 0.1) is 5.82 Å². The highest BCUT2D eigenvalue weighted by atomic mass is 19.4. The number of nitrogens with one attached hydrogen (secondary N) is 1. The normalized spacial score (nSPS) is 17.5. The van der Waals surface area contributed by atoms with E-state index in [1.54, 1.807) is 6.07 Å². The van der Waals surface area contributed by atoms with Crippen molar-refractivity contribution in [3.05, 3.63) is 53.5 Å². The summed E-state index contributed by atoms with van der Waals surface area (Å²) in [6.45, 7) is 0.282. The molecule has 1 aromatic heterocycles. The Morgan fingerprint density at radius 3 is 2.68 bits per heavy atom. The molecular formula is C15H12F4N2O. The summed E-state index contributed by atoms with van der Waals surface area (Å²) in [5.41, 5.74) is -0.394. The van der Waals surface area contributed by atoms with Crippen molar-refractivity contribution in [2.24, 2.45) is 0 Å². The molecule has 7 heteroatoms. The minimum atomic E-state index is -4.50. The number of pyridine rings is 1. The molecule has 1 atom stereocenters. The van der Waals surface area contributed by atoms with Crippen LogP contribution in [0.2, 0.25) is 0 Å². The van der Waals surface area contributed by atoms with Gasteiger partial charge in [0.1, 0.15) is 11.5 Å². The van der Waals surface area contributed by atoms with E-state index in [1.807, 2.05) is 0 Å². The van der Waals surface area contributed by atoms with Crippen molar-refractivity contribution < 1.29 is 22.3 Å². The van der Waals surface area contributed by atoms with Crippen LogP contribution < -0.4 is 10.1 Å². The number of nitrogens with zero attached hydrogens (tertiary/aromatic N) is 1. The lowest BCUT2D eigenvalue weighted by molar-refractivity contribution is -0.141. The molecule has 0 unspecified atom stereocenters. The van der Waals surface area contributed by atoms with Gasteiger partial charge in [0.05, 0.1) is 12.6 Å². The van der Waals surface area contributed by atoms with E-state index in [4.69, 9.17) is 4.74 Å². The van der Waals surface area contributed by atoms with Crippen LogP contribution in [-0.2, 0) is 6.18 Å². The van der Waals surface area contributed by atoms with Gasteiger partial charge in [-0.3, -0.25) is 0 Å². The molecule has 1 aromatic carbocycles. The average molecular weight is 312 g/mol. The molecule has 0 radical (unpaired) electrons. The number of benzene rings is 1. The Labute approximate surface area is 123 Å². The average Bonchev–Trinajstić information content (AvgIpc) is 2.48. The Hall–Kier alpha value is -2.31. The van der Waals surface area contributed by atoms with Crippen LogP contribution in [0.15, 0.2) is 36.4 Å². The predicted octanol–water partition coefficient (Wildman–Crippen LogP) is 4.18. The molecule has 1 N–H and O–H groups in total. The molecule has 0 bridgehead atoms. The summed E-state index contributed by atoms with van der Waals surface area (Å²) in [6.07, 6.45) is -3.99. The lowest BCUT2D eigenvalue weighted by atomic mass is 10.0. The number of alkyl halides is 3. The number of anilines is 1. The second-order valence-electron chi connectivity index (χ2n) is 4.90. The Balaban J connectivity index is 1.88. The van der Waals surface area contributed by atoms with E-state index in [2.05, 4.69) is 10.3 Å². The molecule has 1 aliphatic heterocycles. The molecule has 0 fully saturated rings. The molecule has 1 aliphatic rings. The van der Waals surface area contributed by atoms with Crippen LogP contribution in [0.1, 0.15) is 23.7 Å². The quantitative estimate of drug-likeness (QED) is 0.845. The highest BCUT2D eigenvalue weighted by Gasteiger charge is 2.33. The summed E-state index contributed by atoms with van der Waals surface area (Å²) >= 11 is 0. The molecule has 2 aromatic rings. The Morgan fingerprint density at radius 1 is 1.14 bits per heavy atom. The molecule has 0 aliphatic carbocycles. The van der Waals surface area contributed by atoms with Crippen LogP contribution in [0.25, 0.3) is 0 Å². The lowest BCUT2D eigenvalue weighted by Crippen LogP contribution is -2.22. The van der Waals surface area contributed by atoms with Gasteiger partial charge in [0.15, 0.2) is 11.6 Å². The van der Waals surface area contributed by atoms with Gasteiger partial charge in [0.25, 0.3) is 0 Å². The first kappa shape index (κ1) is 14.6. The van der Waals surface area contributed by atoms with Crippen LogP contribution in [0.3, 0.4) is 0 Å². The largest absolute Gasteiger partial charge is 0.490 e. The molecule has 2 heterocycles. The third-order valence-corrected chi connectivity index (χ3v) is 3.39. The number of para-hydroxylation sites is 1. The number of rotatable bonds is 2. The topological polar surface area (TPSA) is 34.1 Å². The zero-order valence-corrected chi connectivity index (χ0v) is 11.3. The fraction of sp³-hybridized carbons (Fsp3) is 0.267. The third kappa shape index (κ3) is 2.84. The van der Waals surface area contributed by atoms with Crippen molar-refractivity contribution in [2.45, 2.75) is 18.6 Å². The summed E-state index contributed by atoms with van der Waals surface area (Å²) in [5, 5.41) is 2.92. The highest BCUT2D eigenvalue weighted by Crippen LogP contribution is 2.36. The number of aromatic nitrogens is 1. The Kier molecular flexibility index (Phi) is 3.64. The van der Waals surface area contributed by atoms with Crippen molar-refractivity contribution in [3.8, 4) is 5.75 Å². The van der Waals surface area contributed by atoms with Crippen molar-refractivity contribution in [1.82, 2.24) is 4.98 Å². The SMILES string of the molecule is Fc1cccc2c1OCC[C@@H]2Nc1cccc(C(F)(F)F)n1. The number of hydrogen-bond donors (Lipinski definition) is 1. The minimum absolute atomic E-state index is 0.0944. The van der Waals surface area contributed by atoms with Gasteiger partial charge < -0.3 is 10.1 Å². The third-order valence-electron chi connectivity index (χ3n) is 3.39. The van der Waals surface area contributed by atoms with E-state index in [9.17, 15) is 17.6 Å². The summed E-state index contributed by atoms with van der Waals surface area (Å²) < 4.78 is 57.0. The van der Waals surface area contributed by atoms with Crippen LogP contribution in [0.5, 0.6) is 5.75 Å². The van der Waals surface area contributed by atoms with Crippen LogP contribution in [-0.4, -0.2) is 11.6 Å². The summed E-state index contributed by atoms with van der Waals surface area (Å²) in [6, 6.07) is 7.79. The van der Waals surface area contributed by atoms with Crippen molar-refractivity contribution >= 4 is 5.82 Å². The fourth-order valence-electron chi connectivity index (χ4n) is 2.39. The van der Waals surface area contributed by atoms with Gasteiger partial charge >= 0.3 is 6.18 Å². The lowest BCUT2D eigenvalue weighted by Gasteiger charge is -2.27. The van der Waals surface area contributed by atoms with E-state index in [0.29, 0.717) is 12.0 Å². The molecule has 3 rings (SSSR count). The monoisotopic (exact) mass is 312 g/mol. The zero-order valence-electron chi connectivity index (χ0n) is 11.3. The van der Waals surface area contributed by atoms with Gasteiger partial charge in [0.2, 0.25) is 0 Å². The van der Waals surface area contributed by atoms with Gasteiger partial charge in [-0.25, -0.2) is 9.37 Å². The number of halogens is 4. The Morgan fingerprint density at radius 2 is 1.91 bits per heavy atom. The Bertz CT molecular complexity index is 687. The number of fused-ring (bicyclic) bond motifs is 1. The van der Waals surface area contributed by atoms with Gasteiger partial charge in [-0.05, 0) is 18.2 Å². The van der Waals surface area contributed by atoms with Gasteiger partial charge in [-0.2, -0.15) is 13.2 Å². The van der Waals surface area contributed by atoms with Crippen LogP contribution >= 0.6 is 0 Å². The minimum Gasteiger partial charge on any atom is -0.490 e. The summed E-state index contributed by atoms with van der Waals surface area (Å²) in [7, 11) is 0. The molecular weight excluding hydrogens is 300 g/mol. The van der Waals surface area contributed by atoms with Gasteiger partial charge in [0, 0.05) is 12.0 Å². The molecule has 22 heavy (non-hydrogen) atoms. The zero-order chi connectivity index (χ0) is 15.7. The maximum absolute atomic E-state index is 13.7. The second kappa shape index (κ2) is 5.47. The van der Waals surface area contributed by atoms with E-state index in [1.165, 1.54) is 24.3 Å². The molecule has 3 nitrogen and oxygen atoms in total. The maximum Gasteiger partial charge on any atom is 0.433 e. The van der Waals surface area contributed by atoms with Crippen molar-refractivity contribution in [1.29, 1.82) is 0 Å². The molecule has 0 saturated heterocycles. The van der Waals surface area contributed by atoms with Crippen LogP contribution in [0.4, 0.5) is 23.4 Å². The summed E-state index contributed by atoms with van der Waals surface area (Å²) in [5.74, 6) is -0.254. The first-order valence-corrected chi connectivity index (χ1v) is 6.67. The standard InChI is InChI=1S/C15H12F4N2O/c16-10-4-1-3-9-11(7-8-22-14(9)10)20-13-6-2-5-12(21-13)15(17,18)19/h1-6,11H,7-8H2,(H,20,21)/t11-/m0/s1. The summed E-state index contributed by atoms with van der Waals surface area (Å²) in [4.78, 5) is 3.56. The molecule has 0 amide bonds. The number of hydrogen-bond acceptors (Lipinski definition) is 3. The van der Waals surface area contributed by atoms with Gasteiger partial charge in [-0.1, -0.05) is 18.2 Å². The smallest absolute Gasteiger partial charge is 0.433 e. The highest BCUT2D eigenvalue weighted by molar-refractivity contribution is 5.45. The maximum atomic E-state index is 13.7. The van der Waals surface area contributed by atoms with E-state index in [0.717, 1.165) is 6.07 Å². The van der Waals surface area contributed by atoms with E-state index >= 15 is 0 Å². The first-order valence-electron chi connectivity index (χ1n) is 6.67. The van der Waals surface area contributed by atoms with Crippen molar-refractivity contribution in [3.63, 3.8) is 0 Å². The first-order chi connectivity index (χ1) is 10.4.